The van der Waals surface area contributed by atoms with Crippen LogP contribution in [0.25, 0.3) is 0 Å². The number of aromatic carboxylic acids is 1. The summed E-state index contributed by atoms with van der Waals surface area (Å²) in [4.78, 5) is 23.5. The third-order valence-electron chi connectivity index (χ3n) is 3.66. The summed E-state index contributed by atoms with van der Waals surface area (Å²) in [6.45, 7) is 8.19. The predicted molar refractivity (Wildman–Crippen MR) is 72.5 cm³/mol. The smallest absolute Gasteiger partial charge is 0.356 e. The van der Waals surface area contributed by atoms with E-state index in [-0.39, 0.29) is 5.69 Å². The highest BCUT2D eigenvalue weighted by Crippen LogP contribution is 2.20. The van der Waals surface area contributed by atoms with Crippen molar-refractivity contribution in [2.45, 2.75) is 26.3 Å². The van der Waals surface area contributed by atoms with Crippen molar-refractivity contribution in [3.05, 3.63) is 18.1 Å². The molecule has 0 amide bonds. The highest BCUT2D eigenvalue weighted by molar-refractivity contribution is 5.85. The largest absolute Gasteiger partial charge is 0.476 e. The molecule has 0 radical (unpaired) electrons. The summed E-state index contributed by atoms with van der Waals surface area (Å²) >= 11 is 0. The average molecular weight is 264 g/mol. The van der Waals surface area contributed by atoms with Crippen LogP contribution in [0.5, 0.6) is 0 Å². The standard InChI is InChI=1S/C13H20N4O2/c1-3-16(4-2)10-5-6-17(9-10)12-8-14-7-11(15-12)13(18)19/h7-8,10H,3-6,9H2,1-2H3,(H,18,19). The van der Waals surface area contributed by atoms with Gasteiger partial charge in [0.25, 0.3) is 0 Å². The van der Waals surface area contributed by atoms with Crippen molar-refractivity contribution in [2.24, 2.45) is 0 Å². The first kappa shape index (κ1) is 13.7. The van der Waals surface area contributed by atoms with Crippen molar-refractivity contribution < 1.29 is 9.90 Å². The fourth-order valence-electron chi connectivity index (χ4n) is 2.60. The van der Waals surface area contributed by atoms with E-state index in [9.17, 15) is 4.79 Å². The minimum atomic E-state index is -1.03. The topological polar surface area (TPSA) is 69.6 Å². The Kier molecular flexibility index (Phi) is 4.31. The number of anilines is 1. The highest BCUT2D eigenvalue weighted by atomic mass is 16.4. The van der Waals surface area contributed by atoms with Gasteiger partial charge in [0, 0.05) is 19.1 Å². The van der Waals surface area contributed by atoms with Crippen LogP contribution in [-0.2, 0) is 0 Å². The Morgan fingerprint density at radius 2 is 2.21 bits per heavy atom. The van der Waals surface area contributed by atoms with E-state index >= 15 is 0 Å². The van der Waals surface area contributed by atoms with Crippen LogP contribution in [-0.4, -0.2) is 58.2 Å². The fourth-order valence-corrected chi connectivity index (χ4v) is 2.60. The summed E-state index contributed by atoms with van der Waals surface area (Å²) in [7, 11) is 0. The molecule has 1 fully saturated rings. The van der Waals surface area contributed by atoms with Gasteiger partial charge in [-0.25, -0.2) is 9.78 Å². The van der Waals surface area contributed by atoms with Crippen molar-refractivity contribution in [2.75, 3.05) is 31.1 Å². The Balaban J connectivity index is 2.08. The van der Waals surface area contributed by atoms with Crippen molar-refractivity contribution in [3.8, 4) is 0 Å². The van der Waals surface area contributed by atoms with E-state index in [2.05, 4.69) is 33.6 Å². The molecule has 0 aliphatic carbocycles. The molecule has 0 bridgehead atoms. The first-order valence-electron chi connectivity index (χ1n) is 6.70. The molecule has 1 unspecified atom stereocenters. The highest BCUT2D eigenvalue weighted by Gasteiger charge is 2.27. The normalized spacial score (nSPS) is 19.1. The number of rotatable bonds is 5. The zero-order valence-electron chi connectivity index (χ0n) is 11.4. The van der Waals surface area contributed by atoms with E-state index in [0.29, 0.717) is 11.9 Å². The molecule has 1 aliphatic heterocycles. The number of nitrogens with zero attached hydrogens (tertiary/aromatic N) is 4. The predicted octanol–water partition coefficient (Wildman–Crippen LogP) is 1.10. The van der Waals surface area contributed by atoms with E-state index in [0.717, 1.165) is 32.6 Å². The number of carboxylic acid groups (broad SMARTS) is 1. The molecule has 1 saturated heterocycles. The zero-order chi connectivity index (χ0) is 13.8. The molecule has 19 heavy (non-hydrogen) atoms. The van der Waals surface area contributed by atoms with Crippen LogP contribution in [0.1, 0.15) is 30.8 Å². The second kappa shape index (κ2) is 5.97. The van der Waals surface area contributed by atoms with Crippen LogP contribution in [0.15, 0.2) is 12.4 Å². The lowest BCUT2D eigenvalue weighted by atomic mass is 10.2. The van der Waals surface area contributed by atoms with E-state index in [1.54, 1.807) is 6.20 Å². The molecule has 104 valence electrons. The second-order valence-electron chi connectivity index (χ2n) is 4.68. The summed E-state index contributed by atoms with van der Waals surface area (Å²) in [6, 6.07) is 0.519. The molecule has 6 nitrogen and oxygen atoms in total. The summed E-state index contributed by atoms with van der Waals surface area (Å²) in [5.74, 6) is -0.372. The third kappa shape index (κ3) is 3.01. The summed E-state index contributed by atoms with van der Waals surface area (Å²) in [5.41, 5.74) is 0.00351. The minimum Gasteiger partial charge on any atom is -0.476 e. The maximum Gasteiger partial charge on any atom is 0.356 e. The lowest BCUT2D eigenvalue weighted by Crippen LogP contribution is -2.37. The number of carboxylic acids is 1. The van der Waals surface area contributed by atoms with Gasteiger partial charge in [0.05, 0.1) is 12.4 Å². The van der Waals surface area contributed by atoms with Crippen LogP contribution in [0.4, 0.5) is 5.82 Å². The molecule has 2 rings (SSSR count). The van der Waals surface area contributed by atoms with Crippen LogP contribution in [0, 0.1) is 0 Å². The third-order valence-corrected chi connectivity index (χ3v) is 3.66. The van der Waals surface area contributed by atoms with E-state index in [4.69, 9.17) is 5.11 Å². The van der Waals surface area contributed by atoms with Crippen molar-refractivity contribution in [1.82, 2.24) is 14.9 Å². The van der Waals surface area contributed by atoms with Crippen LogP contribution in [0.3, 0.4) is 0 Å². The maximum atomic E-state index is 10.9. The zero-order valence-corrected chi connectivity index (χ0v) is 11.4. The summed E-state index contributed by atoms with van der Waals surface area (Å²) in [5, 5.41) is 8.94. The van der Waals surface area contributed by atoms with Crippen LogP contribution in [0.2, 0.25) is 0 Å². The SMILES string of the molecule is CCN(CC)C1CCN(c2cncc(C(=O)O)n2)C1. The molecule has 0 spiro atoms. The summed E-state index contributed by atoms with van der Waals surface area (Å²) < 4.78 is 0. The van der Waals surface area contributed by atoms with Gasteiger partial charge in [-0.2, -0.15) is 0 Å². The first-order chi connectivity index (χ1) is 9.15. The molecular formula is C13H20N4O2. The number of likely N-dealkylation sites (N-methyl/N-ethyl adjacent to an activating group) is 1. The number of aromatic nitrogens is 2. The Labute approximate surface area is 113 Å². The molecule has 0 saturated carbocycles. The summed E-state index contributed by atoms with van der Waals surface area (Å²) in [6.07, 6.45) is 4.00. The van der Waals surface area contributed by atoms with Gasteiger partial charge in [-0.3, -0.25) is 9.88 Å². The number of carbonyl (C=O) groups is 1. The Morgan fingerprint density at radius 3 is 2.84 bits per heavy atom. The van der Waals surface area contributed by atoms with Crippen molar-refractivity contribution >= 4 is 11.8 Å². The van der Waals surface area contributed by atoms with Gasteiger partial charge in [-0.15, -0.1) is 0 Å². The van der Waals surface area contributed by atoms with Gasteiger partial charge in [-0.1, -0.05) is 13.8 Å². The van der Waals surface area contributed by atoms with E-state index in [1.807, 2.05) is 0 Å². The minimum absolute atomic E-state index is 0.00351. The Hall–Kier alpha value is -1.69. The number of hydrogen-bond acceptors (Lipinski definition) is 5. The van der Waals surface area contributed by atoms with Gasteiger partial charge in [0.2, 0.25) is 0 Å². The molecule has 6 heteroatoms. The molecule has 1 atom stereocenters. The van der Waals surface area contributed by atoms with Crippen LogP contribution >= 0.6 is 0 Å². The van der Waals surface area contributed by atoms with Gasteiger partial charge >= 0.3 is 5.97 Å². The van der Waals surface area contributed by atoms with Gasteiger partial charge < -0.3 is 10.0 Å². The second-order valence-corrected chi connectivity index (χ2v) is 4.68. The Bertz CT molecular complexity index is 448. The molecule has 2 heterocycles. The molecule has 1 N–H and O–H groups in total. The lowest BCUT2D eigenvalue weighted by molar-refractivity contribution is 0.0690. The quantitative estimate of drug-likeness (QED) is 0.858. The molecule has 1 aromatic heterocycles. The van der Waals surface area contributed by atoms with Gasteiger partial charge in [0.1, 0.15) is 5.82 Å². The monoisotopic (exact) mass is 264 g/mol. The van der Waals surface area contributed by atoms with Crippen molar-refractivity contribution in [1.29, 1.82) is 0 Å². The van der Waals surface area contributed by atoms with Crippen molar-refractivity contribution in [3.63, 3.8) is 0 Å². The molecular weight excluding hydrogens is 244 g/mol. The fraction of sp³-hybridized carbons (Fsp3) is 0.615. The van der Waals surface area contributed by atoms with E-state index in [1.165, 1.54) is 6.20 Å². The van der Waals surface area contributed by atoms with Gasteiger partial charge in [-0.05, 0) is 19.5 Å². The Morgan fingerprint density at radius 1 is 1.47 bits per heavy atom. The maximum absolute atomic E-state index is 10.9. The average Bonchev–Trinajstić information content (AvgIpc) is 2.90. The number of hydrogen-bond donors (Lipinski definition) is 1. The molecule has 0 aromatic carbocycles. The molecule has 1 aromatic rings. The first-order valence-corrected chi connectivity index (χ1v) is 6.70. The molecule has 1 aliphatic rings. The van der Waals surface area contributed by atoms with Gasteiger partial charge in [0.15, 0.2) is 5.69 Å². The van der Waals surface area contributed by atoms with E-state index < -0.39 is 5.97 Å². The lowest BCUT2D eigenvalue weighted by Gasteiger charge is -2.26. The van der Waals surface area contributed by atoms with Crippen LogP contribution < -0.4 is 4.90 Å².